The minimum absolute atomic E-state index is 0.0918. The monoisotopic (exact) mass is 465 g/mol. The highest BCUT2D eigenvalue weighted by Gasteiger charge is 2.26. The van der Waals surface area contributed by atoms with Gasteiger partial charge in [0.15, 0.2) is 5.82 Å². The molecule has 0 saturated heterocycles. The Morgan fingerprint density at radius 1 is 1.09 bits per heavy atom. The number of halogens is 1. The smallest absolute Gasteiger partial charge is 0.290 e. The Hall–Kier alpha value is -3.26. The van der Waals surface area contributed by atoms with Crippen molar-refractivity contribution in [3.63, 3.8) is 0 Å². The molecule has 0 bridgehead atoms. The normalized spacial score (nSPS) is 11.8. The fraction of sp³-hybridized carbons (Fsp3) is 0.375. The van der Waals surface area contributed by atoms with E-state index in [0.717, 1.165) is 47.3 Å². The molecule has 0 aliphatic carbocycles. The molecule has 0 spiro atoms. The Balaban J connectivity index is 1.68. The van der Waals surface area contributed by atoms with Crippen molar-refractivity contribution in [1.82, 2.24) is 34.7 Å². The first-order chi connectivity index (χ1) is 15.8. The van der Waals surface area contributed by atoms with Crippen LogP contribution in [0.5, 0.6) is 0 Å². The van der Waals surface area contributed by atoms with Crippen LogP contribution in [0.1, 0.15) is 51.8 Å². The van der Waals surface area contributed by atoms with Gasteiger partial charge in [0.2, 0.25) is 0 Å². The third-order valence-electron chi connectivity index (χ3n) is 5.59. The van der Waals surface area contributed by atoms with Gasteiger partial charge in [-0.25, -0.2) is 9.89 Å². The van der Waals surface area contributed by atoms with Crippen molar-refractivity contribution in [2.45, 2.75) is 59.0 Å². The van der Waals surface area contributed by atoms with E-state index in [9.17, 15) is 4.79 Å². The Kier molecular flexibility index (Phi) is 6.47. The van der Waals surface area contributed by atoms with E-state index in [-0.39, 0.29) is 5.69 Å². The fourth-order valence-corrected chi connectivity index (χ4v) is 4.46. The van der Waals surface area contributed by atoms with Gasteiger partial charge in [0, 0.05) is 22.9 Å². The first-order valence-electron chi connectivity index (χ1n) is 11.1. The maximum atomic E-state index is 13.3. The quantitative estimate of drug-likeness (QED) is 0.427. The number of H-pyrrole nitrogens is 1. The van der Waals surface area contributed by atoms with Crippen LogP contribution in [0.2, 0.25) is 5.15 Å². The molecule has 172 valence electrons. The van der Waals surface area contributed by atoms with E-state index in [2.05, 4.69) is 32.5 Å². The number of hydrogen-bond donors (Lipinski definition) is 1. The summed E-state index contributed by atoms with van der Waals surface area (Å²) < 4.78 is 3.47. The van der Waals surface area contributed by atoms with Crippen LogP contribution >= 0.6 is 11.6 Å². The topological polar surface area (TPSA) is 94.3 Å². The Morgan fingerprint density at radius 3 is 2.45 bits per heavy atom. The van der Waals surface area contributed by atoms with Crippen molar-refractivity contribution in [3.05, 3.63) is 69.5 Å². The molecule has 0 aliphatic heterocycles. The van der Waals surface area contributed by atoms with Gasteiger partial charge in [-0.1, -0.05) is 55.3 Å². The lowest BCUT2D eigenvalue weighted by Crippen LogP contribution is -2.35. The molecule has 0 unspecified atom stereocenters. The molecule has 3 heterocycles. The first kappa shape index (κ1) is 22.9. The van der Waals surface area contributed by atoms with E-state index in [4.69, 9.17) is 11.6 Å². The van der Waals surface area contributed by atoms with E-state index >= 15 is 0 Å². The Labute approximate surface area is 197 Å². The van der Waals surface area contributed by atoms with Crippen molar-refractivity contribution < 1.29 is 0 Å². The summed E-state index contributed by atoms with van der Waals surface area (Å²) in [5, 5.41) is 14.7. The lowest BCUT2D eigenvalue weighted by atomic mass is 10.0. The molecule has 0 amide bonds. The van der Waals surface area contributed by atoms with Crippen molar-refractivity contribution >= 4 is 11.6 Å². The highest BCUT2D eigenvalue weighted by Crippen LogP contribution is 2.29. The van der Waals surface area contributed by atoms with Crippen LogP contribution < -0.4 is 5.69 Å². The molecule has 4 rings (SSSR count). The number of nitrogens with one attached hydrogen (secondary N) is 1. The molecule has 0 radical (unpaired) electrons. The molecular weight excluding hydrogens is 438 g/mol. The van der Waals surface area contributed by atoms with E-state index in [1.54, 1.807) is 9.13 Å². The van der Waals surface area contributed by atoms with Crippen molar-refractivity contribution in [2.24, 2.45) is 0 Å². The maximum absolute atomic E-state index is 13.3. The summed E-state index contributed by atoms with van der Waals surface area (Å²) in [6, 6.07) is 11.8. The molecular formula is C24H28ClN7O. The maximum Gasteiger partial charge on any atom is 0.330 e. The minimum atomic E-state index is -0.401. The average molecular weight is 466 g/mol. The summed E-state index contributed by atoms with van der Waals surface area (Å²) in [4.78, 5) is 18.0. The summed E-state index contributed by atoms with van der Waals surface area (Å²) in [5.74, 6) is 0.585. The molecule has 0 atom stereocenters. The number of benzene rings is 1. The number of nitrogens with zero attached hydrogens (tertiary/aromatic N) is 6. The van der Waals surface area contributed by atoms with Crippen LogP contribution in [0.15, 0.2) is 47.4 Å². The minimum Gasteiger partial charge on any atom is -0.290 e. The van der Waals surface area contributed by atoms with Gasteiger partial charge in [0.1, 0.15) is 5.15 Å². The Bertz CT molecular complexity index is 1280. The second-order valence-corrected chi connectivity index (χ2v) is 9.42. The second kappa shape index (κ2) is 9.31. The van der Waals surface area contributed by atoms with Gasteiger partial charge in [-0.2, -0.15) is 0 Å². The Morgan fingerprint density at radius 2 is 1.85 bits per heavy atom. The summed E-state index contributed by atoms with van der Waals surface area (Å²) in [5.41, 5.74) is 3.91. The zero-order valence-corrected chi connectivity index (χ0v) is 20.1. The second-order valence-electron chi connectivity index (χ2n) is 9.06. The molecule has 0 saturated carbocycles. The van der Waals surface area contributed by atoms with Crippen LogP contribution in [0.25, 0.3) is 22.6 Å². The number of rotatable bonds is 7. The van der Waals surface area contributed by atoms with Gasteiger partial charge in [-0.3, -0.25) is 14.1 Å². The zero-order valence-electron chi connectivity index (χ0n) is 19.3. The molecule has 9 heteroatoms. The highest BCUT2D eigenvalue weighted by molar-refractivity contribution is 6.30. The number of tetrazole rings is 1. The largest absolute Gasteiger partial charge is 0.330 e. The van der Waals surface area contributed by atoms with Gasteiger partial charge < -0.3 is 0 Å². The number of hydrogen-bond acceptors (Lipinski definition) is 5. The molecule has 0 fully saturated rings. The zero-order chi connectivity index (χ0) is 23.6. The number of aromatic amines is 1. The molecule has 0 aliphatic rings. The summed E-state index contributed by atoms with van der Waals surface area (Å²) in [7, 11) is 0. The van der Waals surface area contributed by atoms with Crippen molar-refractivity contribution in [1.29, 1.82) is 0 Å². The van der Waals surface area contributed by atoms with Crippen LogP contribution in [0, 0.1) is 0 Å². The number of unbranched alkanes of at least 4 members (excludes halogenated alkanes) is 1. The predicted molar refractivity (Wildman–Crippen MR) is 129 cm³/mol. The summed E-state index contributed by atoms with van der Waals surface area (Å²) >= 11 is 6.70. The molecule has 1 aromatic carbocycles. The van der Waals surface area contributed by atoms with Gasteiger partial charge in [-0.15, -0.1) is 5.10 Å². The third-order valence-corrected chi connectivity index (χ3v) is 5.98. The van der Waals surface area contributed by atoms with Crippen LogP contribution in [0.4, 0.5) is 0 Å². The lowest BCUT2D eigenvalue weighted by Gasteiger charge is -2.20. The fourth-order valence-electron chi connectivity index (χ4n) is 3.93. The van der Waals surface area contributed by atoms with E-state index in [1.165, 1.54) is 0 Å². The highest BCUT2D eigenvalue weighted by atomic mass is 35.5. The van der Waals surface area contributed by atoms with Crippen LogP contribution in [-0.4, -0.2) is 34.7 Å². The van der Waals surface area contributed by atoms with E-state index in [0.29, 0.717) is 17.5 Å². The van der Waals surface area contributed by atoms with Crippen molar-refractivity contribution in [2.75, 3.05) is 0 Å². The summed E-state index contributed by atoms with van der Waals surface area (Å²) in [6.07, 6.45) is 4.57. The summed E-state index contributed by atoms with van der Waals surface area (Å²) in [6.45, 7) is 8.53. The number of aromatic nitrogens is 7. The predicted octanol–water partition coefficient (Wildman–Crippen LogP) is 4.69. The van der Waals surface area contributed by atoms with Crippen LogP contribution in [0.3, 0.4) is 0 Å². The van der Waals surface area contributed by atoms with Gasteiger partial charge in [-0.05, 0) is 55.7 Å². The van der Waals surface area contributed by atoms with Gasteiger partial charge in [0.25, 0.3) is 0 Å². The molecule has 3 aromatic heterocycles. The van der Waals surface area contributed by atoms with E-state index < -0.39 is 5.54 Å². The van der Waals surface area contributed by atoms with Gasteiger partial charge in [0.05, 0.1) is 17.9 Å². The average Bonchev–Trinajstić information content (AvgIpc) is 3.40. The van der Waals surface area contributed by atoms with E-state index in [1.807, 2.05) is 63.4 Å². The molecule has 4 aromatic rings. The molecule has 8 nitrogen and oxygen atoms in total. The molecule has 33 heavy (non-hydrogen) atoms. The number of pyridine rings is 1. The van der Waals surface area contributed by atoms with Gasteiger partial charge >= 0.3 is 5.69 Å². The van der Waals surface area contributed by atoms with Crippen LogP contribution in [-0.2, 0) is 18.5 Å². The lowest BCUT2D eigenvalue weighted by molar-refractivity contribution is 0.380. The van der Waals surface area contributed by atoms with Crippen molar-refractivity contribution in [3.8, 4) is 22.6 Å². The SMILES string of the molecule is CCCCc1c(Cl)n(C(C)(C)C)c(=O)n1Cc1ccc(-c2ccccc2-c2nnn[nH]2)nc1. The third kappa shape index (κ3) is 4.61. The standard InChI is InChI=1S/C24H28ClN7O/c1-5-6-11-20-21(25)32(24(2,3)4)23(33)31(20)15-16-12-13-19(26-14-16)17-9-7-8-10-18(17)22-27-29-30-28-22/h7-10,12-14H,5-6,11,15H2,1-4H3,(H,27,28,29,30). The first-order valence-corrected chi connectivity index (χ1v) is 11.5. The number of imidazole rings is 1. The molecule has 1 N–H and O–H groups in total.